The van der Waals surface area contributed by atoms with Crippen LogP contribution < -0.4 is 4.74 Å². The first-order chi connectivity index (χ1) is 15.0. The highest BCUT2D eigenvalue weighted by Crippen LogP contribution is 2.17. The normalized spacial score (nSPS) is 14.2. The van der Waals surface area contributed by atoms with Crippen molar-refractivity contribution in [3.8, 4) is 5.75 Å². The van der Waals surface area contributed by atoms with E-state index < -0.39 is 0 Å². The summed E-state index contributed by atoms with van der Waals surface area (Å²) in [5, 5.41) is 4.32. The van der Waals surface area contributed by atoms with Crippen molar-refractivity contribution in [2.75, 3.05) is 33.3 Å². The van der Waals surface area contributed by atoms with E-state index in [0.717, 1.165) is 22.7 Å². The smallest absolute Gasteiger partial charge is 0.259 e. The van der Waals surface area contributed by atoms with Crippen LogP contribution in [0.4, 0.5) is 0 Å². The number of carbonyl (C=O) groups is 2. The zero-order valence-corrected chi connectivity index (χ0v) is 18.2. The lowest BCUT2D eigenvalue weighted by Crippen LogP contribution is -2.50. The summed E-state index contributed by atoms with van der Waals surface area (Å²) in [6.45, 7) is 5.95. The first-order valence-corrected chi connectivity index (χ1v) is 10.5. The van der Waals surface area contributed by atoms with Crippen molar-refractivity contribution in [1.82, 2.24) is 24.4 Å². The van der Waals surface area contributed by atoms with E-state index in [-0.39, 0.29) is 11.8 Å². The Balaban J connectivity index is 1.34. The van der Waals surface area contributed by atoms with Gasteiger partial charge >= 0.3 is 0 Å². The number of benzene rings is 1. The lowest BCUT2D eigenvalue weighted by Gasteiger charge is -2.34. The SMILES string of the molecule is COc1ccc(CCC(=O)N2CCN(C(=O)c3cnn4c(C)cc(C)nc34)CC2)cc1. The van der Waals surface area contributed by atoms with E-state index in [0.29, 0.717) is 50.2 Å². The van der Waals surface area contributed by atoms with E-state index in [1.807, 2.05) is 49.1 Å². The second kappa shape index (κ2) is 8.75. The van der Waals surface area contributed by atoms with Gasteiger partial charge in [-0.25, -0.2) is 9.50 Å². The average Bonchev–Trinajstić information content (AvgIpc) is 3.21. The second-order valence-corrected chi connectivity index (χ2v) is 7.85. The number of aryl methyl sites for hydroxylation is 3. The molecule has 1 aliphatic heterocycles. The number of rotatable bonds is 5. The highest BCUT2D eigenvalue weighted by molar-refractivity contribution is 5.99. The van der Waals surface area contributed by atoms with Crippen LogP contribution >= 0.6 is 0 Å². The summed E-state index contributed by atoms with van der Waals surface area (Å²) in [6.07, 6.45) is 2.73. The number of hydrogen-bond acceptors (Lipinski definition) is 5. The van der Waals surface area contributed by atoms with E-state index in [4.69, 9.17) is 4.74 Å². The monoisotopic (exact) mass is 421 g/mol. The number of piperazine rings is 1. The number of ether oxygens (including phenoxy) is 1. The zero-order valence-electron chi connectivity index (χ0n) is 18.2. The lowest BCUT2D eigenvalue weighted by atomic mass is 10.1. The molecular formula is C23H27N5O3. The molecule has 2 aromatic heterocycles. The van der Waals surface area contributed by atoms with Gasteiger partial charge in [0.15, 0.2) is 5.65 Å². The van der Waals surface area contributed by atoms with Gasteiger partial charge in [0.25, 0.3) is 5.91 Å². The van der Waals surface area contributed by atoms with Crippen LogP contribution in [0.15, 0.2) is 36.5 Å². The van der Waals surface area contributed by atoms with Crippen molar-refractivity contribution >= 4 is 17.5 Å². The van der Waals surface area contributed by atoms with Gasteiger partial charge in [-0.1, -0.05) is 12.1 Å². The van der Waals surface area contributed by atoms with Crippen LogP contribution in [0.3, 0.4) is 0 Å². The molecule has 0 N–H and O–H groups in total. The van der Waals surface area contributed by atoms with Crippen molar-refractivity contribution in [3.05, 3.63) is 59.0 Å². The van der Waals surface area contributed by atoms with Gasteiger partial charge in [0.2, 0.25) is 5.91 Å². The van der Waals surface area contributed by atoms with Crippen molar-refractivity contribution in [2.24, 2.45) is 0 Å². The van der Waals surface area contributed by atoms with Gasteiger partial charge in [0.05, 0.1) is 13.3 Å². The molecule has 0 aliphatic carbocycles. The summed E-state index contributed by atoms with van der Waals surface area (Å²) < 4.78 is 6.86. The molecule has 8 heteroatoms. The van der Waals surface area contributed by atoms with Crippen LogP contribution in [-0.4, -0.2) is 69.5 Å². The van der Waals surface area contributed by atoms with Crippen molar-refractivity contribution in [2.45, 2.75) is 26.7 Å². The Morgan fingerprint density at radius 1 is 1.03 bits per heavy atom. The third kappa shape index (κ3) is 4.38. The van der Waals surface area contributed by atoms with Gasteiger partial charge in [-0.3, -0.25) is 9.59 Å². The summed E-state index contributed by atoms with van der Waals surface area (Å²) in [7, 11) is 1.64. The summed E-state index contributed by atoms with van der Waals surface area (Å²) in [5.41, 5.74) is 3.99. The number of amides is 2. The van der Waals surface area contributed by atoms with Crippen LogP contribution in [0.5, 0.6) is 5.75 Å². The van der Waals surface area contributed by atoms with Gasteiger partial charge in [0, 0.05) is 44.0 Å². The molecule has 31 heavy (non-hydrogen) atoms. The van der Waals surface area contributed by atoms with Crippen LogP contribution in [0.2, 0.25) is 0 Å². The molecule has 2 amide bonds. The topological polar surface area (TPSA) is 80.0 Å². The maximum atomic E-state index is 13.1. The Morgan fingerprint density at radius 3 is 2.39 bits per heavy atom. The fourth-order valence-corrected chi connectivity index (χ4v) is 3.95. The Kier molecular flexibility index (Phi) is 5.88. The number of aromatic nitrogens is 3. The third-order valence-corrected chi connectivity index (χ3v) is 5.71. The van der Waals surface area contributed by atoms with Crippen LogP contribution in [-0.2, 0) is 11.2 Å². The first-order valence-electron chi connectivity index (χ1n) is 10.5. The van der Waals surface area contributed by atoms with Crippen LogP contribution in [0.1, 0.15) is 33.7 Å². The maximum absolute atomic E-state index is 13.1. The Morgan fingerprint density at radius 2 is 1.71 bits per heavy atom. The molecule has 0 radical (unpaired) electrons. The fraction of sp³-hybridized carbons (Fsp3) is 0.391. The summed E-state index contributed by atoms with van der Waals surface area (Å²) in [6, 6.07) is 9.71. The zero-order chi connectivity index (χ0) is 22.0. The molecule has 0 spiro atoms. The number of hydrogen-bond donors (Lipinski definition) is 0. The van der Waals surface area contributed by atoms with Gasteiger partial charge in [0.1, 0.15) is 11.3 Å². The number of fused-ring (bicyclic) bond motifs is 1. The van der Waals surface area contributed by atoms with Crippen LogP contribution in [0, 0.1) is 13.8 Å². The highest BCUT2D eigenvalue weighted by Gasteiger charge is 2.27. The number of carbonyl (C=O) groups excluding carboxylic acids is 2. The largest absolute Gasteiger partial charge is 0.497 e. The van der Waals surface area contributed by atoms with E-state index in [2.05, 4.69) is 10.1 Å². The molecule has 1 aromatic carbocycles. The Labute approximate surface area is 181 Å². The quantitative estimate of drug-likeness (QED) is 0.631. The molecule has 1 fully saturated rings. The molecule has 4 rings (SSSR count). The van der Waals surface area contributed by atoms with E-state index in [1.165, 1.54) is 0 Å². The molecule has 1 saturated heterocycles. The summed E-state index contributed by atoms with van der Waals surface area (Å²) in [4.78, 5) is 33.8. The van der Waals surface area contributed by atoms with Gasteiger partial charge in [-0.2, -0.15) is 5.10 Å². The highest BCUT2D eigenvalue weighted by atomic mass is 16.5. The minimum absolute atomic E-state index is 0.0853. The van der Waals surface area contributed by atoms with E-state index in [9.17, 15) is 9.59 Å². The Bertz CT molecular complexity index is 1100. The number of nitrogens with zero attached hydrogens (tertiary/aromatic N) is 5. The van der Waals surface area contributed by atoms with E-state index in [1.54, 1.807) is 22.7 Å². The molecule has 0 atom stereocenters. The predicted molar refractivity (Wildman–Crippen MR) is 116 cm³/mol. The molecule has 1 aliphatic rings. The molecule has 0 unspecified atom stereocenters. The van der Waals surface area contributed by atoms with Crippen molar-refractivity contribution < 1.29 is 14.3 Å². The third-order valence-electron chi connectivity index (χ3n) is 5.71. The van der Waals surface area contributed by atoms with Crippen molar-refractivity contribution in [1.29, 1.82) is 0 Å². The molecule has 3 aromatic rings. The second-order valence-electron chi connectivity index (χ2n) is 7.85. The Hall–Kier alpha value is -3.42. The van der Waals surface area contributed by atoms with E-state index >= 15 is 0 Å². The fourth-order valence-electron chi connectivity index (χ4n) is 3.95. The van der Waals surface area contributed by atoms with Gasteiger partial charge < -0.3 is 14.5 Å². The van der Waals surface area contributed by atoms with Crippen molar-refractivity contribution in [3.63, 3.8) is 0 Å². The molecular weight excluding hydrogens is 394 g/mol. The minimum atomic E-state index is -0.0853. The standard InChI is InChI=1S/C23H27N5O3/c1-16-14-17(2)28-22(25-16)20(15-24-28)23(30)27-12-10-26(11-13-27)21(29)9-6-18-4-7-19(31-3)8-5-18/h4-5,7-8,14-15H,6,9-13H2,1-3H3. The molecule has 162 valence electrons. The molecule has 0 saturated carbocycles. The maximum Gasteiger partial charge on any atom is 0.259 e. The molecule has 0 bridgehead atoms. The molecule has 3 heterocycles. The lowest BCUT2D eigenvalue weighted by molar-refractivity contribution is -0.132. The average molecular weight is 422 g/mol. The number of methoxy groups -OCH3 is 1. The summed E-state index contributed by atoms with van der Waals surface area (Å²) in [5.74, 6) is 0.840. The van der Waals surface area contributed by atoms with Crippen LogP contribution in [0.25, 0.3) is 5.65 Å². The van der Waals surface area contributed by atoms with Gasteiger partial charge in [-0.05, 0) is 44.0 Å². The first kappa shape index (κ1) is 20.8. The minimum Gasteiger partial charge on any atom is -0.497 e. The van der Waals surface area contributed by atoms with Gasteiger partial charge in [-0.15, -0.1) is 0 Å². The predicted octanol–water partition coefficient (Wildman–Crippen LogP) is 2.27. The summed E-state index contributed by atoms with van der Waals surface area (Å²) >= 11 is 0. The molecule has 8 nitrogen and oxygen atoms in total.